The van der Waals surface area contributed by atoms with Crippen LogP contribution in [-0.2, 0) is 0 Å². The Hall–Kier alpha value is -2.29. The van der Waals surface area contributed by atoms with Crippen molar-refractivity contribution in [3.05, 3.63) is 65.2 Å². The minimum absolute atomic E-state index is 0.0354. The van der Waals surface area contributed by atoms with Crippen molar-refractivity contribution in [2.24, 2.45) is 0 Å². The number of urea groups is 1. The zero-order valence-electron chi connectivity index (χ0n) is 15.2. The van der Waals surface area contributed by atoms with Crippen LogP contribution in [0.4, 0.5) is 10.5 Å². The third-order valence-corrected chi connectivity index (χ3v) is 4.39. The van der Waals surface area contributed by atoms with Gasteiger partial charge in [0.1, 0.15) is 0 Å². The third-order valence-electron chi connectivity index (χ3n) is 4.39. The summed E-state index contributed by atoms with van der Waals surface area (Å²) in [6, 6.07) is 16.3. The van der Waals surface area contributed by atoms with E-state index in [4.69, 9.17) is 0 Å². The molecule has 0 aliphatic heterocycles. The predicted molar refractivity (Wildman–Crippen MR) is 101 cm³/mol. The molecule has 3 nitrogen and oxygen atoms in total. The minimum atomic E-state index is -0.0354. The largest absolute Gasteiger partial charge is 0.322 e. The van der Waals surface area contributed by atoms with Gasteiger partial charge in [0, 0.05) is 12.2 Å². The number of carbonyl (C=O) groups excluding carboxylic acids is 1. The summed E-state index contributed by atoms with van der Waals surface area (Å²) < 4.78 is 0. The quantitative estimate of drug-likeness (QED) is 0.726. The van der Waals surface area contributed by atoms with Gasteiger partial charge < -0.3 is 10.2 Å². The first kappa shape index (κ1) is 18.1. The average molecular weight is 324 g/mol. The topological polar surface area (TPSA) is 32.3 Å². The van der Waals surface area contributed by atoms with Gasteiger partial charge in [0.2, 0.25) is 0 Å². The van der Waals surface area contributed by atoms with Gasteiger partial charge in [-0.15, -0.1) is 0 Å². The van der Waals surface area contributed by atoms with E-state index >= 15 is 0 Å². The number of nitrogens with one attached hydrogen (secondary N) is 1. The highest BCUT2D eigenvalue weighted by Gasteiger charge is 2.21. The molecule has 2 rings (SSSR count). The Bertz CT molecular complexity index is 667. The Morgan fingerprint density at radius 1 is 1.12 bits per heavy atom. The molecule has 24 heavy (non-hydrogen) atoms. The molecule has 128 valence electrons. The van der Waals surface area contributed by atoms with Crippen molar-refractivity contribution in [1.82, 2.24) is 4.90 Å². The lowest BCUT2D eigenvalue weighted by molar-refractivity contribution is 0.192. The first-order valence-electron chi connectivity index (χ1n) is 8.72. The van der Waals surface area contributed by atoms with E-state index in [-0.39, 0.29) is 12.1 Å². The molecular formula is C21H28N2O. The van der Waals surface area contributed by atoms with Gasteiger partial charge in [0.25, 0.3) is 0 Å². The molecule has 1 unspecified atom stereocenters. The fraction of sp³-hybridized carbons (Fsp3) is 0.381. The second-order valence-corrected chi connectivity index (χ2v) is 6.38. The van der Waals surface area contributed by atoms with E-state index in [0.29, 0.717) is 0 Å². The molecule has 2 amide bonds. The summed E-state index contributed by atoms with van der Waals surface area (Å²) in [5, 5.41) is 3.08. The van der Waals surface area contributed by atoms with Crippen LogP contribution in [0.3, 0.4) is 0 Å². The number of amides is 2. The van der Waals surface area contributed by atoms with Gasteiger partial charge in [-0.05, 0) is 44.4 Å². The highest BCUT2D eigenvalue weighted by molar-refractivity contribution is 5.90. The Balaban J connectivity index is 2.18. The molecule has 0 aliphatic carbocycles. The highest BCUT2D eigenvalue weighted by Crippen LogP contribution is 2.23. The standard InChI is InChI=1S/C21H28N2O/c1-5-6-14-23(18(4)19-10-8-7-9-11-19)21(24)22-20-13-12-16(2)15-17(20)3/h7-13,15,18H,5-6,14H2,1-4H3,(H,22,24). The van der Waals surface area contributed by atoms with Crippen LogP contribution in [0.2, 0.25) is 0 Å². The summed E-state index contributed by atoms with van der Waals surface area (Å²) in [6.07, 6.45) is 2.06. The fourth-order valence-electron chi connectivity index (χ4n) is 2.85. The maximum atomic E-state index is 12.9. The van der Waals surface area contributed by atoms with E-state index in [9.17, 15) is 4.79 Å². The fourth-order valence-corrected chi connectivity index (χ4v) is 2.85. The SMILES string of the molecule is CCCCN(C(=O)Nc1ccc(C)cc1C)C(C)c1ccccc1. The van der Waals surface area contributed by atoms with E-state index in [1.165, 1.54) is 5.56 Å². The molecule has 0 fully saturated rings. The Kier molecular flexibility index (Phi) is 6.42. The van der Waals surface area contributed by atoms with Crippen molar-refractivity contribution in [2.75, 3.05) is 11.9 Å². The molecule has 2 aromatic carbocycles. The van der Waals surface area contributed by atoms with Crippen LogP contribution in [0.15, 0.2) is 48.5 Å². The predicted octanol–water partition coefficient (Wildman–Crippen LogP) is 5.70. The van der Waals surface area contributed by atoms with Gasteiger partial charge in [-0.25, -0.2) is 4.79 Å². The number of carbonyl (C=O) groups is 1. The summed E-state index contributed by atoms with van der Waals surface area (Å²) >= 11 is 0. The van der Waals surface area contributed by atoms with Crippen molar-refractivity contribution >= 4 is 11.7 Å². The molecule has 0 radical (unpaired) electrons. The Morgan fingerprint density at radius 2 is 1.83 bits per heavy atom. The molecule has 1 atom stereocenters. The first-order chi connectivity index (χ1) is 11.5. The monoisotopic (exact) mass is 324 g/mol. The van der Waals surface area contributed by atoms with Crippen LogP contribution >= 0.6 is 0 Å². The second-order valence-electron chi connectivity index (χ2n) is 6.38. The maximum Gasteiger partial charge on any atom is 0.322 e. The van der Waals surface area contributed by atoms with Crippen LogP contribution in [0.25, 0.3) is 0 Å². The number of hydrogen-bond acceptors (Lipinski definition) is 1. The van der Waals surface area contributed by atoms with Crippen molar-refractivity contribution < 1.29 is 4.79 Å². The second kappa shape index (κ2) is 8.53. The van der Waals surface area contributed by atoms with Crippen molar-refractivity contribution in [2.45, 2.75) is 46.6 Å². The van der Waals surface area contributed by atoms with Gasteiger partial charge in [-0.2, -0.15) is 0 Å². The molecule has 0 saturated carbocycles. The molecule has 0 aromatic heterocycles. The molecule has 0 spiro atoms. The van der Waals surface area contributed by atoms with Crippen molar-refractivity contribution in [1.29, 1.82) is 0 Å². The normalized spacial score (nSPS) is 11.8. The Labute approximate surface area is 145 Å². The molecule has 1 N–H and O–H groups in total. The lowest BCUT2D eigenvalue weighted by Crippen LogP contribution is -2.38. The van der Waals surface area contributed by atoms with Gasteiger partial charge in [0.05, 0.1) is 6.04 Å². The molecule has 3 heteroatoms. The van der Waals surface area contributed by atoms with Crippen LogP contribution in [-0.4, -0.2) is 17.5 Å². The zero-order chi connectivity index (χ0) is 17.5. The number of anilines is 1. The summed E-state index contributed by atoms with van der Waals surface area (Å²) in [6.45, 7) is 9.08. The van der Waals surface area contributed by atoms with Gasteiger partial charge in [-0.3, -0.25) is 0 Å². The van der Waals surface area contributed by atoms with E-state index in [1.807, 2.05) is 42.2 Å². The van der Waals surface area contributed by atoms with Gasteiger partial charge in [-0.1, -0.05) is 61.4 Å². The summed E-state index contributed by atoms with van der Waals surface area (Å²) in [5.41, 5.74) is 4.33. The van der Waals surface area contributed by atoms with Crippen LogP contribution in [0, 0.1) is 13.8 Å². The number of hydrogen-bond donors (Lipinski definition) is 1. The van der Waals surface area contributed by atoms with E-state index in [1.54, 1.807) is 0 Å². The maximum absolute atomic E-state index is 12.9. The molecule has 2 aromatic rings. The van der Waals surface area contributed by atoms with Gasteiger partial charge in [0.15, 0.2) is 0 Å². The average Bonchev–Trinajstić information content (AvgIpc) is 2.58. The molecule has 0 heterocycles. The molecule has 0 saturated heterocycles. The Morgan fingerprint density at radius 3 is 2.46 bits per heavy atom. The van der Waals surface area contributed by atoms with Crippen molar-refractivity contribution in [3.63, 3.8) is 0 Å². The number of nitrogens with zero attached hydrogens (tertiary/aromatic N) is 1. The molecule has 0 aliphatic rings. The van der Waals surface area contributed by atoms with Crippen molar-refractivity contribution in [3.8, 4) is 0 Å². The van der Waals surface area contributed by atoms with Crippen LogP contribution in [0.1, 0.15) is 49.4 Å². The minimum Gasteiger partial charge on any atom is -0.318 e. The van der Waals surface area contributed by atoms with E-state index in [0.717, 1.165) is 36.2 Å². The number of benzene rings is 2. The number of aryl methyl sites for hydroxylation is 2. The zero-order valence-corrected chi connectivity index (χ0v) is 15.2. The lowest BCUT2D eigenvalue weighted by atomic mass is 10.1. The first-order valence-corrected chi connectivity index (χ1v) is 8.72. The van der Waals surface area contributed by atoms with E-state index in [2.05, 4.69) is 44.3 Å². The summed E-state index contributed by atoms with van der Waals surface area (Å²) in [4.78, 5) is 14.8. The van der Waals surface area contributed by atoms with Crippen LogP contribution in [0.5, 0.6) is 0 Å². The van der Waals surface area contributed by atoms with Crippen LogP contribution < -0.4 is 5.32 Å². The number of unbranched alkanes of at least 4 members (excludes halogenated alkanes) is 1. The van der Waals surface area contributed by atoms with E-state index < -0.39 is 0 Å². The third kappa shape index (κ3) is 4.60. The highest BCUT2D eigenvalue weighted by atomic mass is 16.2. The summed E-state index contributed by atoms with van der Waals surface area (Å²) in [5.74, 6) is 0. The summed E-state index contributed by atoms with van der Waals surface area (Å²) in [7, 11) is 0. The molecule has 0 bridgehead atoms. The van der Waals surface area contributed by atoms with Gasteiger partial charge >= 0.3 is 6.03 Å². The number of rotatable bonds is 6. The molecular weight excluding hydrogens is 296 g/mol. The smallest absolute Gasteiger partial charge is 0.318 e. The lowest BCUT2D eigenvalue weighted by Gasteiger charge is -2.30.